The maximum atomic E-state index is 12.7. The molecular formula is C23H18Cl2N2O3S. The monoisotopic (exact) mass is 472 g/mol. The van der Waals surface area contributed by atoms with Crippen molar-refractivity contribution in [2.24, 2.45) is 0 Å². The first-order chi connectivity index (χ1) is 15.0. The van der Waals surface area contributed by atoms with Crippen molar-refractivity contribution >= 4 is 58.2 Å². The predicted octanol–water partition coefficient (Wildman–Crippen LogP) is 6.03. The van der Waals surface area contributed by atoms with Gasteiger partial charge in [-0.15, -0.1) is 11.8 Å². The highest BCUT2D eigenvalue weighted by Crippen LogP contribution is 2.45. The van der Waals surface area contributed by atoms with Crippen molar-refractivity contribution in [2.45, 2.75) is 5.37 Å². The van der Waals surface area contributed by atoms with Crippen LogP contribution in [0.3, 0.4) is 0 Å². The fourth-order valence-electron chi connectivity index (χ4n) is 3.40. The summed E-state index contributed by atoms with van der Waals surface area (Å²) in [5.41, 5.74) is 2.54. The van der Waals surface area contributed by atoms with Crippen LogP contribution in [0.1, 0.15) is 21.3 Å². The van der Waals surface area contributed by atoms with Crippen LogP contribution in [0, 0.1) is 0 Å². The molecule has 1 heterocycles. The van der Waals surface area contributed by atoms with Crippen LogP contribution in [-0.4, -0.2) is 24.7 Å². The summed E-state index contributed by atoms with van der Waals surface area (Å²) in [4.78, 5) is 27.1. The summed E-state index contributed by atoms with van der Waals surface area (Å²) in [6.45, 7) is 0. The topological polar surface area (TPSA) is 58.6 Å². The van der Waals surface area contributed by atoms with Gasteiger partial charge in [0.1, 0.15) is 11.1 Å². The number of thioether (sulfide) groups is 1. The Morgan fingerprint density at radius 3 is 2.68 bits per heavy atom. The molecule has 1 fully saturated rings. The number of amides is 2. The zero-order valence-electron chi connectivity index (χ0n) is 16.5. The normalized spacial score (nSPS) is 15.8. The Balaban J connectivity index is 1.61. The molecule has 0 spiro atoms. The number of nitrogens with one attached hydrogen (secondary N) is 1. The average Bonchev–Trinajstić information content (AvgIpc) is 3.15. The number of hydrogen-bond acceptors (Lipinski definition) is 4. The molecule has 1 aliphatic rings. The molecule has 8 heteroatoms. The molecule has 31 heavy (non-hydrogen) atoms. The zero-order chi connectivity index (χ0) is 22.0. The Labute approximate surface area is 194 Å². The molecule has 1 atom stereocenters. The molecule has 1 saturated heterocycles. The Hall–Kier alpha value is -2.67. The number of anilines is 2. The molecule has 3 aromatic carbocycles. The van der Waals surface area contributed by atoms with Crippen molar-refractivity contribution in [3.63, 3.8) is 0 Å². The summed E-state index contributed by atoms with van der Waals surface area (Å²) in [5.74, 6) is 0.655. The molecule has 3 aromatic rings. The molecule has 1 N–H and O–H groups in total. The molecule has 0 saturated carbocycles. The van der Waals surface area contributed by atoms with Crippen LogP contribution >= 0.6 is 35.0 Å². The van der Waals surface area contributed by atoms with Gasteiger partial charge >= 0.3 is 0 Å². The molecule has 0 aromatic heterocycles. The van der Waals surface area contributed by atoms with Crippen LogP contribution in [0.25, 0.3) is 0 Å². The van der Waals surface area contributed by atoms with Gasteiger partial charge in [-0.1, -0.05) is 47.5 Å². The van der Waals surface area contributed by atoms with Crippen molar-refractivity contribution < 1.29 is 14.3 Å². The van der Waals surface area contributed by atoms with Crippen LogP contribution < -0.4 is 15.0 Å². The van der Waals surface area contributed by atoms with E-state index in [4.69, 9.17) is 27.9 Å². The van der Waals surface area contributed by atoms with Crippen LogP contribution in [0.4, 0.5) is 11.4 Å². The second kappa shape index (κ2) is 9.22. The van der Waals surface area contributed by atoms with Gasteiger partial charge in [0, 0.05) is 10.7 Å². The zero-order valence-corrected chi connectivity index (χ0v) is 18.8. The number of benzene rings is 3. The number of carbonyl (C=O) groups excluding carboxylic acids is 2. The van der Waals surface area contributed by atoms with Crippen molar-refractivity contribution in [3.8, 4) is 5.75 Å². The Morgan fingerprint density at radius 2 is 1.90 bits per heavy atom. The SMILES string of the molecule is COc1ccccc1N1C(=O)CS[C@@H]1c1cccc(NC(=O)c2ccc(Cl)cc2Cl)c1. The predicted molar refractivity (Wildman–Crippen MR) is 127 cm³/mol. The van der Waals surface area contributed by atoms with Gasteiger partial charge in [-0.05, 0) is 48.0 Å². The van der Waals surface area contributed by atoms with E-state index in [2.05, 4.69) is 5.32 Å². The molecular weight excluding hydrogens is 455 g/mol. The summed E-state index contributed by atoms with van der Waals surface area (Å²) in [5, 5.41) is 3.37. The molecule has 0 unspecified atom stereocenters. The molecule has 4 rings (SSSR count). The summed E-state index contributed by atoms with van der Waals surface area (Å²) in [6.07, 6.45) is 0. The minimum atomic E-state index is -0.337. The van der Waals surface area contributed by atoms with E-state index < -0.39 is 0 Å². The first kappa shape index (κ1) is 21.6. The van der Waals surface area contributed by atoms with E-state index in [1.54, 1.807) is 30.2 Å². The lowest BCUT2D eigenvalue weighted by atomic mass is 10.1. The third-order valence-electron chi connectivity index (χ3n) is 4.82. The summed E-state index contributed by atoms with van der Waals surface area (Å²) in [7, 11) is 1.58. The Bertz CT molecular complexity index is 1160. The van der Waals surface area contributed by atoms with Crippen molar-refractivity contribution in [1.29, 1.82) is 0 Å². The smallest absolute Gasteiger partial charge is 0.257 e. The van der Waals surface area contributed by atoms with Gasteiger partial charge in [-0.3, -0.25) is 14.5 Å². The van der Waals surface area contributed by atoms with Gasteiger partial charge in [-0.25, -0.2) is 0 Å². The van der Waals surface area contributed by atoms with E-state index in [0.29, 0.717) is 33.5 Å². The van der Waals surface area contributed by atoms with Gasteiger partial charge in [0.05, 0.1) is 29.1 Å². The molecule has 2 amide bonds. The average molecular weight is 473 g/mol. The number of rotatable bonds is 5. The van der Waals surface area contributed by atoms with Gasteiger partial charge < -0.3 is 10.1 Å². The maximum absolute atomic E-state index is 12.7. The van der Waals surface area contributed by atoms with Crippen molar-refractivity contribution in [3.05, 3.63) is 87.9 Å². The second-order valence-electron chi connectivity index (χ2n) is 6.80. The van der Waals surface area contributed by atoms with Crippen LogP contribution in [0.15, 0.2) is 66.7 Å². The largest absolute Gasteiger partial charge is 0.495 e. The third-order valence-corrected chi connectivity index (χ3v) is 6.58. The number of carbonyl (C=O) groups is 2. The van der Waals surface area contributed by atoms with Crippen molar-refractivity contribution in [2.75, 3.05) is 23.1 Å². The standard InChI is InChI=1S/C23H18Cl2N2O3S/c1-30-20-8-3-2-7-19(20)27-21(28)13-31-23(27)14-5-4-6-16(11-14)26-22(29)17-10-9-15(24)12-18(17)25/h2-12,23H,13H2,1H3,(H,26,29)/t23-/m1/s1. The number of nitrogens with zero attached hydrogens (tertiary/aromatic N) is 1. The first-order valence-electron chi connectivity index (χ1n) is 9.41. The minimum absolute atomic E-state index is 0.00175. The highest BCUT2D eigenvalue weighted by atomic mass is 35.5. The minimum Gasteiger partial charge on any atom is -0.495 e. The van der Waals surface area contributed by atoms with E-state index in [1.807, 2.05) is 42.5 Å². The molecule has 1 aliphatic heterocycles. The Kier molecular flexibility index (Phi) is 6.41. The van der Waals surface area contributed by atoms with E-state index in [-0.39, 0.29) is 22.2 Å². The molecule has 0 radical (unpaired) electrons. The maximum Gasteiger partial charge on any atom is 0.257 e. The quantitative estimate of drug-likeness (QED) is 0.492. The number of para-hydroxylation sites is 2. The number of hydrogen-bond donors (Lipinski definition) is 1. The second-order valence-corrected chi connectivity index (χ2v) is 8.71. The molecule has 5 nitrogen and oxygen atoms in total. The third kappa shape index (κ3) is 4.51. The summed E-state index contributed by atoms with van der Waals surface area (Å²) < 4.78 is 5.45. The highest BCUT2D eigenvalue weighted by molar-refractivity contribution is 8.00. The lowest BCUT2D eigenvalue weighted by Crippen LogP contribution is -2.28. The van der Waals surface area contributed by atoms with E-state index in [0.717, 1.165) is 5.56 Å². The first-order valence-corrected chi connectivity index (χ1v) is 11.2. The lowest BCUT2D eigenvalue weighted by Gasteiger charge is -2.26. The molecule has 0 aliphatic carbocycles. The van der Waals surface area contributed by atoms with E-state index in [1.165, 1.54) is 17.8 Å². The number of methoxy groups -OCH3 is 1. The van der Waals surface area contributed by atoms with Crippen molar-refractivity contribution in [1.82, 2.24) is 0 Å². The fraction of sp³-hybridized carbons (Fsp3) is 0.130. The Morgan fingerprint density at radius 1 is 1.10 bits per heavy atom. The fourth-order valence-corrected chi connectivity index (χ4v) is 5.06. The van der Waals surface area contributed by atoms with Crippen LogP contribution in [-0.2, 0) is 4.79 Å². The summed E-state index contributed by atoms with van der Waals surface area (Å²) in [6, 6.07) is 19.6. The highest BCUT2D eigenvalue weighted by Gasteiger charge is 2.35. The van der Waals surface area contributed by atoms with E-state index >= 15 is 0 Å². The van der Waals surface area contributed by atoms with Crippen LogP contribution in [0.5, 0.6) is 5.75 Å². The van der Waals surface area contributed by atoms with Gasteiger partial charge in [0.25, 0.3) is 5.91 Å². The molecule has 158 valence electrons. The van der Waals surface area contributed by atoms with Crippen LogP contribution in [0.2, 0.25) is 10.0 Å². The molecule has 0 bridgehead atoms. The van der Waals surface area contributed by atoms with Gasteiger partial charge in [0.15, 0.2) is 0 Å². The van der Waals surface area contributed by atoms with Gasteiger partial charge in [-0.2, -0.15) is 0 Å². The summed E-state index contributed by atoms with van der Waals surface area (Å²) >= 11 is 13.6. The lowest BCUT2D eigenvalue weighted by molar-refractivity contribution is -0.115. The van der Waals surface area contributed by atoms with E-state index in [9.17, 15) is 9.59 Å². The van der Waals surface area contributed by atoms with Gasteiger partial charge in [0.2, 0.25) is 5.91 Å². The number of ether oxygens (including phenoxy) is 1. The number of halogens is 2.